The largest absolute Gasteiger partial charge is 0.319 e. The van der Waals surface area contributed by atoms with E-state index in [2.05, 4.69) is 10.6 Å². The third-order valence-electron chi connectivity index (χ3n) is 5.98. The summed E-state index contributed by atoms with van der Waals surface area (Å²) in [6, 6.07) is 9.73. The smallest absolute Gasteiger partial charge is 0.295 e. The Bertz CT molecular complexity index is 860. The van der Waals surface area contributed by atoms with Crippen molar-refractivity contribution in [3.63, 3.8) is 0 Å². The molecule has 1 aliphatic heterocycles. The second kappa shape index (κ2) is 7.90. The van der Waals surface area contributed by atoms with Crippen LogP contribution in [-0.2, 0) is 11.8 Å². The van der Waals surface area contributed by atoms with Gasteiger partial charge in [0.2, 0.25) is 5.91 Å². The van der Waals surface area contributed by atoms with Crippen LogP contribution in [0.3, 0.4) is 0 Å². The van der Waals surface area contributed by atoms with Crippen molar-refractivity contribution in [3.8, 4) is 5.69 Å². The summed E-state index contributed by atoms with van der Waals surface area (Å²) in [6.07, 6.45) is 5.72. The molecule has 6 nitrogen and oxygen atoms in total. The molecule has 3 unspecified atom stereocenters. The maximum Gasteiger partial charge on any atom is 0.295 e. The second-order valence-electron chi connectivity index (χ2n) is 7.53. The van der Waals surface area contributed by atoms with Gasteiger partial charge in [-0.3, -0.25) is 14.3 Å². The van der Waals surface area contributed by atoms with Gasteiger partial charge in [0, 0.05) is 13.1 Å². The molecule has 0 bridgehead atoms. The van der Waals surface area contributed by atoms with E-state index in [-0.39, 0.29) is 29.9 Å². The molecule has 2 aliphatic rings. The highest BCUT2D eigenvalue weighted by Gasteiger charge is 2.38. The Hall–Kier alpha value is -2.05. The summed E-state index contributed by atoms with van der Waals surface area (Å²) in [4.78, 5) is 25.7. The first kappa shape index (κ1) is 19.7. The van der Waals surface area contributed by atoms with E-state index >= 15 is 0 Å². The minimum Gasteiger partial charge on any atom is -0.319 e. The van der Waals surface area contributed by atoms with Gasteiger partial charge in [-0.25, -0.2) is 4.68 Å². The Morgan fingerprint density at radius 1 is 1.19 bits per heavy atom. The van der Waals surface area contributed by atoms with Gasteiger partial charge in [-0.1, -0.05) is 31.0 Å². The lowest BCUT2D eigenvalue weighted by Gasteiger charge is -2.24. The van der Waals surface area contributed by atoms with Crippen molar-refractivity contribution in [2.24, 2.45) is 13.0 Å². The predicted molar refractivity (Wildman–Crippen MR) is 109 cm³/mol. The number of halogens is 1. The number of nitrogens with zero attached hydrogens (tertiary/aromatic N) is 2. The van der Waals surface area contributed by atoms with Crippen LogP contribution in [0.4, 0.5) is 5.69 Å². The summed E-state index contributed by atoms with van der Waals surface area (Å²) >= 11 is 0. The Kier molecular flexibility index (Phi) is 5.77. The number of fused-ring (bicyclic) bond motifs is 1. The number of nitrogens with one attached hydrogen (secondary N) is 2. The normalized spacial score (nSPS) is 24.1. The third kappa shape index (κ3) is 3.56. The average Bonchev–Trinajstić information content (AvgIpc) is 3.18. The van der Waals surface area contributed by atoms with E-state index in [1.54, 1.807) is 9.36 Å². The predicted octanol–water partition coefficient (Wildman–Crippen LogP) is 2.77. The van der Waals surface area contributed by atoms with Gasteiger partial charge in [-0.15, -0.1) is 12.4 Å². The third-order valence-corrected chi connectivity index (χ3v) is 5.98. The minimum absolute atomic E-state index is 0. The molecule has 7 heteroatoms. The molecule has 0 radical (unpaired) electrons. The molecule has 2 N–H and O–H groups in total. The highest BCUT2D eigenvalue weighted by molar-refractivity contribution is 5.95. The fourth-order valence-electron chi connectivity index (χ4n) is 4.44. The van der Waals surface area contributed by atoms with Crippen molar-refractivity contribution in [2.75, 3.05) is 5.32 Å². The summed E-state index contributed by atoms with van der Waals surface area (Å²) in [5, 5.41) is 6.38. The number of anilines is 1. The zero-order valence-corrected chi connectivity index (χ0v) is 16.6. The van der Waals surface area contributed by atoms with Gasteiger partial charge in [0.15, 0.2) is 0 Å². The van der Waals surface area contributed by atoms with E-state index < -0.39 is 0 Å². The van der Waals surface area contributed by atoms with E-state index in [4.69, 9.17) is 0 Å². The number of amides is 1. The standard InChI is InChI=1S/C20H26N4O2.ClH/c1-13-18(20(26)24(23(13)2)15-9-4-3-5-10-15)22-19(25)17-12-14-8-6-7-11-16(14)21-17;/h3-5,9-10,14,16-17,21H,6-8,11-12H2,1-2H3,(H,22,25);1H. The molecule has 1 aromatic heterocycles. The highest BCUT2D eigenvalue weighted by atomic mass is 35.5. The molecule has 4 rings (SSSR count). The number of hydrogen-bond acceptors (Lipinski definition) is 3. The quantitative estimate of drug-likeness (QED) is 0.846. The maximum atomic E-state index is 12.9. The number of aromatic nitrogens is 2. The summed E-state index contributed by atoms with van der Waals surface area (Å²) in [7, 11) is 1.84. The van der Waals surface area contributed by atoms with Gasteiger partial charge in [-0.05, 0) is 44.2 Å². The number of hydrogen-bond donors (Lipinski definition) is 2. The number of rotatable bonds is 3. The van der Waals surface area contributed by atoms with Crippen LogP contribution in [0, 0.1) is 12.8 Å². The van der Waals surface area contributed by atoms with Crippen LogP contribution < -0.4 is 16.2 Å². The molecular weight excluding hydrogens is 364 g/mol. The fourth-order valence-corrected chi connectivity index (χ4v) is 4.44. The van der Waals surface area contributed by atoms with E-state index in [0.717, 1.165) is 24.2 Å². The van der Waals surface area contributed by atoms with E-state index in [9.17, 15) is 9.59 Å². The van der Waals surface area contributed by atoms with Gasteiger partial charge in [0.05, 0.1) is 17.4 Å². The minimum atomic E-state index is -0.202. The lowest BCUT2D eigenvalue weighted by molar-refractivity contribution is -0.117. The number of carbonyl (C=O) groups is 1. The van der Waals surface area contributed by atoms with Gasteiger partial charge in [0.1, 0.15) is 5.69 Å². The van der Waals surface area contributed by atoms with E-state index in [1.807, 2.05) is 44.3 Å². The summed E-state index contributed by atoms with van der Waals surface area (Å²) in [5.74, 6) is 0.503. The molecule has 27 heavy (non-hydrogen) atoms. The number of carbonyl (C=O) groups excluding carboxylic acids is 1. The molecular formula is C20H27ClN4O2. The Balaban J connectivity index is 0.00000210. The zero-order valence-electron chi connectivity index (χ0n) is 15.8. The van der Waals surface area contributed by atoms with Gasteiger partial charge in [-0.2, -0.15) is 0 Å². The molecule has 1 saturated carbocycles. The lowest BCUT2D eigenvalue weighted by atomic mass is 9.85. The molecule has 1 aromatic carbocycles. The van der Waals surface area contributed by atoms with Crippen LogP contribution >= 0.6 is 12.4 Å². The second-order valence-corrected chi connectivity index (χ2v) is 7.53. The lowest BCUT2D eigenvalue weighted by Crippen LogP contribution is -2.40. The molecule has 2 aromatic rings. The topological polar surface area (TPSA) is 68.1 Å². The molecule has 2 heterocycles. The van der Waals surface area contributed by atoms with Crippen molar-refractivity contribution in [3.05, 3.63) is 46.4 Å². The first-order valence-electron chi connectivity index (χ1n) is 9.47. The Morgan fingerprint density at radius 3 is 2.59 bits per heavy atom. The SMILES string of the molecule is Cc1c(NC(=O)C2CC3CCCCC3N2)c(=O)n(-c2ccccc2)n1C.Cl. The van der Waals surface area contributed by atoms with Crippen molar-refractivity contribution < 1.29 is 4.79 Å². The highest BCUT2D eigenvalue weighted by Crippen LogP contribution is 2.33. The summed E-state index contributed by atoms with van der Waals surface area (Å²) in [5.41, 5.74) is 1.72. The van der Waals surface area contributed by atoms with Gasteiger partial charge in [0.25, 0.3) is 5.56 Å². The molecule has 0 spiro atoms. The van der Waals surface area contributed by atoms with Gasteiger partial charge >= 0.3 is 0 Å². The van der Waals surface area contributed by atoms with Crippen LogP contribution in [-0.4, -0.2) is 27.4 Å². The van der Waals surface area contributed by atoms with E-state index in [1.165, 1.54) is 19.3 Å². The van der Waals surface area contributed by atoms with Crippen LogP contribution in [0.2, 0.25) is 0 Å². The molecule has 3 atom stereocenters. The zero-order chi connectivity index (χ0) is 18.3. The maximum absolute atomic E-state index is 12.9. The first-order valence-corrected chi connectivity index (χ1v) is 9.47. The van der Waals surface area contributed by atoms with Crippen LogP contribution in [0.25, 0.3) is 5.69 Å². The molecule has 146 valence electrons. The van der Waals surface area contributed by atoms with Crippen LogP contribution in [0.5, 0.6) is 0 Å². The van der Waals surface area contributed by atoms with Crippen LogP contribution in [0.1, 0.15) is 37.8 Å². The van der Waals surface area contributed by atoms with E-state index in [0.29, 0.717) is 17.6 Å². The average molecular weight is 391 g/mol. The van der Waals surface area contributed by atoms with Crippen molar-refractivity contribution in [1.82, 2.24) is 14.7 Å². The van der Waals surface area contributed by atoms with Crippen molar-refractivity contribution in [1.29, 1.82) is 0 Å². The monoisotopic (exact) mass is 390 g/mol. The molecule has 2 fully saturated rings. The van der Waals surface area contributed by atoms with Crippen molar-refractivity contribution >= 4 is 24.0 Å². The molecule has 1 amide bonds. The fraction of sp³-hybridized carbons (Fsp3) is 0.500. The number of para-hydroxylation sites is 1. The number of benzene rings is 1. The Morgan fingerprint density at radius 2 is 1.89 bits per heavy atom. The Labute approximate surface area is 165 Å². The van der Waals surface area contributed by atoms with Gasteiger partial charge < -0.3 is 10.6 Å². The van der Waals surface area contributed by atoms with Crippen molar-refractivity contribution in [2.45, 2.75) is 51.1 Å². The summed E-state index contributed by atoms with van der Waals surface area (Å²) < 4.78 is 3.38. The molecule has 1 aliphatic carbocycles. The van der Waals surface area contributed by atoms with Crippen LogP contribution in [0.15, 0.2) is 35.1 Å². The summed E-state index contributed by atoms with van der Waals surface area (Å²) in [6.45, 7) is 1.86. The molecule has 1 saturated heterocycles. The first-order chi connectivity index (χ1) is 12.6.